The van der Waals surface area contributed by atoms with Crippen molar-refractivity contribution in [2.75, 3.05) is 12.4 Å². The van der Waals surface area contributed by atoms with Crippen LogP contribution in [0, 0.1) is 13.8 Å². The van der Waals surface area contributed by atoms with Crippen LogP contribution in [0.3, 0.4) is 0 Å². The number of anilines is 1. The lowest BCUT2D eigenvalue weighted by molar-refractivity contribution is -0.116. The number of ether oxygens (including phenoxy) is 1. The number of fused-ring (bicyclic) bond motifs is 1. The number of aryl methyl sites for hydroxylation is 2. The SMILES string of the molecule is COc1cccc(-n2nnc3c(=O)n(CC(=O)Nc4cc(C)cc(C)c4)cnc32)c1. The first kappa shape index (κ1) is 19.3. The monoisotopic (exact) mass is 404 g/mol. The molecule has 0 spiro atoms. The third kappa shape index (κ3) is 3.77. The van der Waals surface area contributed by atoms with Gasteiger partial charge in [0.2, 0.25) is 5.91 Å². The number of methoxy groups -OCH3 is 1. The molecule has 30 heavy (non-hydrogen) atoms. The number of nitrogens with one attached hydrogen (secondary N) is 1. The fourth-order valence-corrected chi connectivity index (χ4v) is 3.27. The number of hydrogen-bond donors (Lipinski definition) is 1. The van der Waals surface area contributed by atoms with Gasteiger partial charge >= 0.3 is 0 Å². The lowest BCUT2D eigenvalue weighted by Gasteiger charge is -2.09. The van der Waals surface area contributed by atoms with Crippen molar-refractivity contribution in [3.8, 4) is 11.4 Å². The molecule has 0 aliphatic rings. The highest BCUT2D eigenvalue weighted by atomic mass is 16.5. The number of rotatable bonds is 5. The molecule has 2 aromatic heterocycles. The van der Waals surface area contributed by atoms with Crippen LogP contribution in [0.2, 0.25) is 0 Å². The summed E-state index contributed by atoms with van der Waals surface area (Å²) in [5, 5.41) is 10.8. The van der Waals surface area contributed by atoms with Crippen LogP contribution in [0.1, 0.15) is 11.1 Å². The third-order valence-electron chi connectivity index (χ3n) is 4.55. The van der Waals surface area contributed by atoms with Crippen LogP contribution >= 0.6 is 0 Å². The molecular formula is C21H20N6O3. The second-order valence-corrected chi connectivity index (χ2v) is 6.98. The number of benzene rings is 2. The molecule has 2 heterocycles. The Kier molecular flexibility index (Phi) is 5.01. The quantitative estimate of drug-likeness (QED) is 0.547. The molecule has 9 nitrogen and oxygen atoms in total. The molecule has 0 fully saturated rings. The molecule has 0 unspecified atom stereocenters. The first-order valence-electron chi connectivity index (χ1n) is 9.28. The van der Waals surface area contributed by atoms with Gasteiger partial charge in [0.15, 0.2) is 11.2 Å². The lowest BCUT2D eigenvalue weighted by Crippen LogP contribution is -2.28. The first-order chi connectivity index (χ1) is 14.4. The van der Waals surface area contributed by atoms with E-state index in [-0.39, 0.29) is 18.0 Å². The Morgan fingerprint density at radius 3 is 2.63 bits per heavy atom. The molecule has 1 N–H and O–H groups in total. The van der Waals surface area contributed by atoms with Crippen LogP contribution in [-0.2, 0) is 11.3 Å². The zero-order valence-corrected chi connectivity index (χ0v) is 16.8. The Bertz CT molecular complexity index is 1290. The van der Waals surface area contributed by atoms with Crippen LogP contribution in [0.5, 0.6) is 5.75 Å². The van der Waals surface area contributed by atoms with Gasteiger partial charge < -0.3 is 10.1 Å². The van der Waals surface area contributed by atoms with Crippen LogP contribution in [0.15, 0.2) is 53.6 Å². The molecule has 0 radical (unpaired) electrons. The maximum Gasteiger partial charge on any atom is 0.284 e. The average molecular weight is 404 g/mol. The van der Waals surface area contributed by atoms with Gasteiger partial charge in [0.25, 0.3) is 5.56 Å². The number of carbonyl (C=O) groups excluding carboxylic acids is 1. The minimum absolute atomic E-state index is 0.0829. The van der Waals surface area contributed by atoms with Gasteiger partial charge in [-0.1, -0.05) is 17.3 Å². The predicted molar refractivity (Wildman–Crippen MR) is 112 cm³/mol. The van der Waals surface area contributed by atoms with Gasteiger partial charge in [-0.25, -0.2) is 4.98 Å². The van der Waals surface area contributed by atoms with Crippen molar-refractivity contribution in [2.24, 2.45) is 0 Å². The zero-order chi connectivity index (χ0) is 21.3. The second kappa shape index (κ2) is 7.78. The van der Waals surface area contributed by atoms with E-state index in [1.165, 1.54) is 15.6 Å². The summed E-state index contributed by atoms with van der Waals surface area (Å²) in [5.74, 6) is 0.316. The minimum atomic E-state index is -0.440. The zero-order valence-electron chi connectivity index (χ0n) is 16.8. The van der Waals surface area contributed by atoms with E-state index in [1.807, 2.05) is 32.0 Å². The molecule has 4 aromatic rings. The maximum atomic E-state index is 12.8. The average Bonchev–Trinajstić information content (AvgIpc) is 3.14. The minimum Gasteiger partial charge on any atom is -0.497 e. The van der Waals surface area contributed by atoms with E-state index in [9.17, 15) is 9.59 Å². The van der Waals surface area contributed by atoms with Crippen molar-refractivity contribution >= 4 is 22.8 Å². The van der Waals surface area contributed by atoms with Crippen molar-refractivity contribution in [3.05, 3.63) is 70.3 Å². The van der Waals surface area contributed by atoms with E-state index in [2.05, 4.69) is 20.6 Å². The fraction of sp³-hybridized carbons (Fsp3) is 0.190. The summed E-state index contributed by atoms with van der Waals surface area (Å²) in [5.41, 5.74) is 3.38. The summed E-state index contributed by atoms with van der Waals surface area (Å²) in [6, 6.07) is 12.9. The van der Waals surface area contributed by atoms with Crippen LogP contribution in [0.4, 0.5) is 5.69 Å². The summed E-state index contributed by atoms with van der Waals surface area (Å²) in [7, 11) is 1.57. The Balaban J connectivity index is 1.61. The lowest BCUT2D eigenvalue weighted by atomic mass is 10.1. The molecule has 0 saturated heterocycles. The number of hydrogen-bond acceptors (Lipinski definition) is 6. The second-order valence-electron chi connectivity index (χ2n) is 6.98. The topological polar surface area (TPSA) is 104 Å². The molecule has 2 aromatic carbocycles. The van der Waals surface area contributed by atoms with Gasteiger partial charge in [0.05, 0.1) is 12.8 Å². The summed E-state index contributed by atoms with van der Waals surface area (Å²) in [6.07, 6.45) is 1.33. The highest BCUT2D eigenvalue weighted by Crippen LogP contribution is 2.18. The Morgan fingerprint density at radius 2 is 1.90 bits per heavy atom. The van der Waals surface area contributed by atoms with Crippen LogP contribution < -0.4 is 15.6 Å². The molecule has 0 saturated carbocycles. The van der Waals surface area contributed by atoms with Gasteiger partial charge in [-0.3, -0.25) is 14.2 Å². The number of carbonyl (C=O) groups is 1. The van der Waals surface area contributed by atoms with Gasteiger partial charge in [0, 0.05) is 11.8 Å². The third-order valence-corrected chi connectivity index (χ3v) is 4.55. The number of aromatic nitrogens is 5. The Labute approximate surface area is 171 Å². The number of amides is 1. The normalized spacial score (nSPS) is 10.9. The summed E-state index contributed by atoms with van der Waals surface area (Å²) in [4.78, 5) is 29.5. The fourth-order valence-electron chi connectivity index (χ4n) is 3.27. The predicted octanol–water partition coefficient (Wildman–Crippen LogP) is 2.24. The van der Waals surface area contributed by atoms with Gasteiger partial charge in [0.1, 0.15) is 18.6 Å². The van der Waals surface area contributed by atoms with E-state index in [0.717, 1.165) is 11.1 Å². The van der Waals surface area contributed by atoms with Crippen molar-refractivity contribution in [3.63, 3.8) is 0 Å². The highest BCUT2D eigenvalue weighted by Gasteiger charge is 2.15. The molecule has 4 rings (SSSR count). The molecule has 0 aliphatic carbocycles. The van der Waals surface area contributed by atoms with Crippen molar-refractivity contribution in [1.29, 1.82) is 0 Å². The summed E-state index contributed by atoms with van der Waals surface area (Å²) < 4.78 is 7.89. The van der Waals surface area contributed by atoms with Crippen molar-refractivity contribution in [2.45, 2.75) is 20.4 Å². The largest absolute Gasteiger partial charge is 0.497 e. The Hall–Kier alpha value is -4.01. The molecule has 0 bridgehead atoms. The van der Waals surface area contributed by atoms with E-state index in [0.29, 0.717) is 22.8 Å². The van der Waals surface area contributed by atoms with Crippen LogP contribution in [-0.4, -0.2) is 37.6 Å². The van der Waals surface area contributed by atoms with E-state index >= 15 is 0 Å². The van der Waals surface area contributed by atoms with E-state index in [1.54, 1.807) is 31.4 Å². The Morgan fingerprint density at radius 1 is 1.13 bits per heavy atom. The first-order valence-corrected chi connectivity index (χ1v) is 9.28. The standard InChI is InChI=1S/C21H20N6O3/c1-13-7-14(2)9-15(8-13)23-18(28)11-26-12-22-20-19(21(26)29)24-25-27(20)16-5-4-6-17(10-16)30-3/h4-10,12H,11H2,1-3H3,(H,23,28). The molecule has 152 valence electrons. The smallest absolute Gasteiger partial charge is 0.284 e. The van der Waals surface area contributed by atoms with Gasteiger partial charge in [-0.2, -0.15) is 4.68 Å². The summed E-state index contributed by atoms with van der Waals surface area (Å²) in [6.45, 7) is 3.73. The highest BCUT2D eigenvalue weighted by molar-refractivity contribution is 5.90. The molecular weight excluding hydrogens is 384 g/mol. The molecule has 0 atom stereocenters. The van der Waals surface area contributed by atoms with Crippen molar-refractivity contribution in [1.82, 2.24) is 24.5 Å². The maximum absolute atomic E-state index is 12.8. The van der Waals surface area contributed by atoms with Crippen LogP contribution in [0.25, 0.3) is 16.9 Å². The number of nitrogens with zero attached hydrogens (tertiary/aromatic N) is 5. The van der Waals surface area contributed by atoms with E-state index < -0.39 is 5.56 Å². The molecule has 0 aliphatic heterocycles. The molecule has 9 heteroatoms. The van der Waals surface area contributed by atoms with E-state index in [4.69, 9.17) is 4.74 Å². The van der Waals surface area contributed by atoms with Gasteiger partial charge in [-0.15, -0.1) is 5.10 Å². The molecule has 1 amide bonds. The van der Waals surface area contributed by atoms with Crippen molar-refractivity contribution < 1.29 is 9.53 Å². The summed E-state index contributed by atoms with van der Waals surface area (Å²) >= 11 is 0. The van der Waals surface area contributed by atoms with Gasteiger partial charge in [-0.05, 0) is 49.2 Å².